The summed E-state index contributed by atoms with van der Waals surface area (Å²) in [7, 11) is 0. The van der Waals surface area contributed by atoms with Gasteiger partial charge in [0.05, 0.1) is 0 Å². The van der Waals surface area contributed by atoms with Gasteiger partial charge < -0.3 is 10.2 Å². The number of benzene rings is 1. The summed E-state index contributed by atoms with van der Waals surface area (Å²) in [6, 6.07) is 7.48. The van der Waals surface area contributed by atoms with Crippen LogP contribution in [0.5, 0.6) is 0 Å². The Morgan fingerprint density at radius 2 is 1.95 bits per heavy atom. The van der Waals surface area contributed by atoms with Crippen LogP contribution in [0.1, 0.15) is 24.2 Å². The summed E-state index contributed by atoms with van der Waals surface area (Å²) in [6.07, 6.45) is 1.99. The molecule has 2 rings (SSSR count). The second kappa shape index (κ2) is 5.25. The third-order valence-electron chi connectivity index (χ3n) is 3.43. The van der Waals surface area contributed by atoms with E-state index >= 15 is 0 Å². The van der Waals surface area contributed by atoms with Crippen molar-refractivity contribution >= 4 is 23.6 Å². The minimum atomic E-state index is -0.798. The molecule has 2 amide bonds. The Labute approximate surface area is 117 Å². The Morgan fingerprint density at radius 1 is 1.32 bits per heavy atom. The molecule has 0 spiro atoms. The molecule has 1 aliphatic rings. The van der Waals surface area contributed by atoms with Crippen molar-refractivity contribution in [3.8, 4) is 0 Å². The molecule has 0 saturated carbocycles. The SMILES string of the molecule is CSc1ccc(C(=O)N2CCNC(=O)C2(C)C)cc1. The standard InChI is InChI=1S/C14H18N2O2S/c1-14(2)13(18)15-8-9-16(14)12(17)10-4-6-11(19-3)7-5-10/h4-7H,8-9H2,1-3H3,(H,15,18). The van der Waals surface area contributed by atoms with Crippen molar-refractivity contribution in [3.05, 3.63) is 29.8 Å². The molecule has 0 bridgehead atoms. The molecule has 1 saturated heterocycles. The van der Waals surface area contributed by atoms with Crippen LogP contribution < -0.4 is 5.32 Å². The van der Waals surface area contributed by atoms with Gasteiger partial charge in [-0.05, 0) is 44.4 Å². The fourth-order valence-electron chi connectivity index (χ4n) is 2.14. The highest BCUT2D eigenvalue weighted by molar-refractivity contribution is 7.98. The van der Waals surface area contributed by atoms with Crippen LogP contribution in [0.25, 0.3) is 0 Å². The molecule has 0 aliphatic carbocycles. The van der Waals surface area contributed by atoms with E-state index < -0.39 is 5.54 Å². The molecule has 1 aromatic carbocycles. The van der Waals surface area contributed by atoms with E-state index in [0.717, 1.165) is 4.90 Å². The molecule has 1 N–H and O–H groups in total. The van der Waals surface area contributed by atoms with Gasteiger partial charge in [0.1, 0.15) is 5.54 Å². The molecule has 0 aromatic heterocycles. The van der Waals surface area contributed by atoms with E-state index in [0.29, 0.717) is 18.7 Å². The minimum Gasteiger partial charge on any atom is -0.352 e. The lowest BCUT2D eigenvalue weighted by atomic mass is 9.97. The summed E-state index contributed by atoms with van der Waals surface area (Å²) in [5, 5.41) is 2.79. The van der Waals surface area contributed by atoms with E-state index in [1.165, 1.54) is 0 Å². The topological polar surface area (TPSA) is 49.4 Å². The molecule has 1 heterocycles. The lowest BCUT2D eigenvalue weighted by Gasteiger charge is -2.41. The smallest absolute Gasteiger partial charge is 0.254 e. The summed E-state index contributed by atoms with van der Waals surface area (Å²) >= 11 is 1.64. The van der Waals surface area contributed by atoms with Crippen LogP contribution in [0.3, 0.4) is 0 Å². The van der Waals surface area contributed by atoms with Crippen LogP contribution in [0.4, 0.5) is 0 Å². The van der Waals surface area contributed by atoms with Crippen LogP contribution in [0, 0.1) is 0 Å². The number of thioether (sulfide) groups is 1. The highest BCUT2D eigenvalue weighted by atomic mass is 32.2. The lowest BCUT2D eigenvalue weighted by molar-refractivity contribution is -0.133. The first kappa shape index (κ1) is 13.9. The Hall–Kier alpha value is -1.49. The maximum atomic E-state index is 12.5. The number of amides is 2. The van der Waals surface area contributed by atoms with Gasteiger partial charge >= 0.3 is 0 Å². The first-order chi connectivity index (χ1) is 8.96. The van der Waals surface area contributed by atoms with E-state index in [1.807, 2.05) is 30.5 Å². The van der Waals surface area contributed by atoms with Gasteiger partial charge in [0.15, 0.2) is 0 Å². The molecule has 1 aliphatic heterocycles. The van der Waals surface area contributed by atoms with E-state index in [1.54, 1.807) is 30.5 Å². The van der Waals surface area contributed by atoms with Crippen molar-refractivity contribution in [1.82, 2.24) is 10.2 Å². The largest absolute Gasteiger partial charge is 0.352 e. The van der Waals surface area contributed by atoms with Gasteiger partial charge in [0, 0.05) is 23.5 Å². The number of carbonyl (C=O) groups is 2. The molecule has 4 nitrogen and oxygen atoms in total. The maximum Gasteiger partial charge on any atom is 0.254 e. The molecular weight excluding hydrogens is 260 g/mol. The average Bonchev–Trinajstić information content (AvgIpc) is 2.41. The van der Waals surface area contributed by atoms with Crippen molar-refractivity contribution in [2.45, 2.75) is 24.3 Å². The predicted molar refractivity (Wildman–Crippen MR) is 76.3 cm³/mol. The second-order valence-corrected chi connectivity index (χ2v) is 5.88. The Morgan fingerprint density at radius 3 is 2.53 bits per heavy atom. The molecule has 5 heteroatoms. The van der Waals surface area contributed by atoms with Crippen LogP contribution in [0.2, 0.25) is 0 Å². The third kappa shape index (κ3) is 2.61. The van der Waals surface area contributed by atoms with Crippen LogP contribution in [0.15, 0.2) is 29.2 Å². The normalized spacial score (nSPS) is 18.1. The first-order valence-electron chi connectivity index (χ1n) is 6.21. The average molecular weight is 278 g/mol. The summed E-state index contributed by atoms with van der Waals surface area (Å²) < 4.78 is 0. The molecule has 0 atom stereocenters. The van der Waals surface area contributed by atoms with E-state index in [-0.39, 0.29) is 11.8 Å². The number of nitrogens with zero attached hydrogens (tertiary/aromatic N) is 1. The fourth-order valence-corrected chi connectivity index (χ4v) is 2.55. The third-order valence-corrected chi connectivity index (χ3v) is 4.18. The van der Waals surface area contributed by atoms with Gasteiger partial charge in [0.25, 0.3) is 5.91 Å². The minimum absolute atomic E-state index is 0.0903. The molecular formula is C14H18N2O2S. The van der Waals surface area contributed by atoms with Gasteiger partial charge in [-0.3, -0.25) is 9.59 Å². The summed E-state index contributed by atoms with van der Waals surface area (Å²) in [5.74, 6) is -0.194. The summed E-state index contributed by atoms with van der Waals surface area (Å²) in [6.45, 7) is 4.60. The zero-order valence-electron chi connectivity index (χ0n) is 11.4. The zero-order valence-corrected chi connectivity index (χ0v) is 12.2. The molecule has 1 aromatic rings. The zero-order chi connectivity index (χ0) is 14.0. The molecule has 1 fully saturated rings. The van der Waals surface area contributed by atoms with Gasteiger partial charge in [0.2, 0.25) is 5.91 Å². The summed E-state index contributed by atoms with van der Waals surface area (Å²) in [4.78, 5) is 27.1. The monoisotopic (exact) mass is 278 g/mol. The van der Waals surface area contributed by atoms with Gasteiger partial charge in [-0.25, -0.2) is 0 Å². The van der Waals surface area contributed by atoms with Gasteiger partial charge in [-0.1, -0.05) is 0 Å². The van der Waals surface area contributed by atoms with Crippen LogP contribution in [-0.4, -0.2) is 41.6 Å². The van der Waals surface area contributed by atoms with E-state index in [9.17, 15) is 9.59 Å². The first-order valence-corrected chi connectivity index (χ1v) is 7.43. The molecule has 19 heavy (non-hydrogen) atoms. The highest BCUT2D eigenvalue weighted by Gasteiger charge is 2.40. The maximum absolute atomic E-state index is 12.5. The van der Waals surface area contributed by atoms with Gasteiger partial charge in [-0.15, -0.1) is 11.8 Å². The molecule has 0 unspecified atom stereocenters. The highest BCUT2D eigenvalue weighted by Crippen LogP contribution is 2.22. The molecule has 0 radical (unpaired) electrons. The van der Waals surface area contributed by atoms with Crippen molar-refractivity contribution in [2.24, 2.45) is 0 Å². The van der Waals surface area contributed by atoms with E-state index in [4.69, 9.17) is 0 Å². The van der Waals surface area contributed by atoms with Gasteiger partial charge in [-0.2, -0.15) is 0 Å². The van der Waals surface area contributed by atoms with E-state index in [2.05, 4.69) is 5.32 Å². The Bertz CT molecular complexity index is 497. The number of carbonyl (C=O) groups excluding carboxylic acids is 2. The summed E-state index contributed by atoms with van der Waals surface area (Å²) in [5.41, 5.74) is -0.173. The number of hydrogen-bond acceptors (Lipinski definition) is 3. The van der Waals surface area contributed by atoms with Crippen LogP contribution >= 0.6 is 11.8 Å². The molecule has 102 valence electrons. The predicted octanol–water partition coefficient (Wildman–Crippen LogP) is 1.76. The number of piperazine rings is 1. The number of nitrogens with one attached hydrogen (secondary N) is 1. The fraction of sp³-hybridized carbons (Fsp3) is 0.429. The Kier molecular flexibility index (Phi) is 3.85. The van der Waals surface area contributed by atoms with Crippen LogP contribution in [-0.2, 0) is 4.79 Å². The van der Waals surface area contributed by atoms with Crippen molar-refractivity contribution in [2.75, 3.05) is 19.3 Å². The Balaban J connectivity index is 2.24. The number of rotatable bonds is 2. The van der Waals surface area contributed by atoms with Crippen molar-refractivity contribution in [3.63, 3.8) is 0 Å². The van der Waals surface area contributed by atoms with Crippen molar-refractivity contribution < 1.29 is 9.59 Å². The quantitative estimate of drug-likeness (QED) is 0.839. The second-order valence-electron chi connectivity index (χ2n) is 5.00. The van der Waals surface area contributed by atoms with Crippen molar-refractivity contribution in [1.29, 1.82) is 0 Å². The lowest BCUT2D eigenvalue weighted by Crippen LogP contribution is -2.63. The number of hydrogen-bond donors (Lipinski definition) is 1.